The van der Waals surface area contributed by atoms with Crippen LogP contribution in [0, 0.1) is 5.92 Å². The zero-order chi connectivity index (χ0) is 17.2. The van der Waals surface area contributed by atoms with Crippen molar-refractivity contribution < 1.29 is 14.3 Å². The molecule has 3 fully saturated rings. The number of esters is 1. The van der Waals surface area contributed by atoms with Crippen molar-refractivity contribution in [3.8, 4) is 0 Å². The minimum atomic E-state index is -0.349. The molecule has 5 rings (SSSR count). The number of nitrogens with one attached hydrogen (secondary N) is 1. The van der Waals surface area contributed by atoms with E-state index in [1.54, 1.807) is 11.6 Å². The second-order valence-corrected chi connectivity index (χ2v) is 7.84. The lowest BCUT2D eigenvalue weighted by molar-refractivity contribution is -0.136. The Balaban J connectivity index is 1.41. The molecule has 1 unspecified atom stereocenters. The summed E-state index contributed by atoms with van der Waals surface area (Å²) in [6, 6.07) is 0. The first-order chi connectivity index (χ1) is 12.1. The highest BCUT2D eigenvalue weighted by Gasteiger charge is 2.52. The minimum absolute atomic E-state index is 0.0395. The maximum absolute atomic E-state index is 12.9. The predicted molar refractivity (Wildman–Crippen MR) is 89.3 cm³/mol. The third-order valence-corrected chi connectivity index (χ3v) is 6.27. The summed E-state index contributed by atoms with van der Waals surface area (Å²) in [5.74, 6) is 0.863. The summed E-state index contributed by atoms with van der Waals surface area (Å²) in [4.78, 5) is 27.3. The summed E-state index contributed by atoms with van der Waals surface area (Å²) in [6.07, 6.45) is 4.24. The van der Waals surface area contributed by atoms with E-state index in [0.717, 1.165) is 56.6 Å². The van der Waals surface area contributed by atoms with Crippen LogP contribution >= 0.6 is 0 Å². The second-order valence-electron chi connectivity index (χ2n) is 7.84. The van der Waals surface area contributed by atoms with Crippen LogP contribution in [0.3, 0.4) is 0 Å². The number of aromatic nitrogens is 2. The third-order valence-electron chi connectivity index (χ3n) is 6.27. The van der Waals surface area contributed by atoms with Crippen molar-refractivity contribution in [2.45, 2.75) is 50.6 Å². The van der Waals surface area contributed by atoms with Crippen LogP contribution in [-0.2, 0) is 22.5 Å². The molecule has 7 heteroatoms. The zero-order valence-electron chi connectivity index (χ0n) is 14.6. The fraction of sp³-hybridized carbons (Fsp3) is 0.722. The number of amides is 1. The number of ether oxygens (including phenoxy) is 1. The van der Waals surface area contributed by atoms with Crippen LogP contribution < -0.4 is 5.32 Å². The lowest BCUT2D eigenvalue weighted by atomic mass is 10.1. The number of piperazine rings is 1. The van der Waals surface area contributed by atoms with E-state index < -0.39 is 0 Å². The van der Waals surface area contributed by atoms with Crippen LogP contribution in [0.15, 0.2) is 0 Å². The van der Waals surface area contributed by atoms with Crippen molar-refractivity contribution in [3.05, 3.63) is 17.0 Å². The molecule has 1 saturated heterocycles. The Hall–Kier alpha value is -1.89. The number of carbonyl (C=O) groups excluding carboxylic acids is 2. The molecule has 1 spiro atoms. The number of fused-ring (bicyclic) bond motifs is 3. The van der Waals surface area contributed by atoms with Crippen LogP contribution in [0.1, 0.15) is 53.8 Å². The van der Waals surface area contributed by atoms with Crippen molar-refractivity contribution in [3.63, 3.8) is 0 Å². The highest BCUT2D eigenvalue weighted by Crippen LogP contribution is 2.57. The minimum Gasteiger partial charge on any atom is -0.461 e. The predicted octanol–water partition coefficient (Wildman–Crippen LogP) is 0.684. The van der Waals surface area contributed by atoms with Crippen molar-refractivity contribution >= 4 is 11.9 Å². The molecular formula is C18H24N4O3. The van der Waals surface area contributed by atoms with Gasteiger partial charge in [-0.2, -0.15) is 5.10 Å². The highest BCUT2D eigenvalue weighted by atomic mass is 16.5. The van der Waals surface area contributed by atoms with Crippen molar-refractivity contribution in [2.75, 3.05) is 26.2 Å². The van der Waals surface area contributed by atoms with Gasteiger partial charge in [0.25, 0.3) is 0 Å². The molecule has 134 valence electrons. The van der Waals surface area contributed by atoms with Crippen molar-refractivity contribution in [1.29, 1.82) is 0 Å². The Kier molecular flexibility index (Phi) is 3.26. The summed E-state index contributed by atoms with van der Waals surface area (Å²) in [7, 11) is 0. The van der Waals surface area contributed by atoms with Gasteiger partial charge in [0.1, 0.15) is 6.54 Å². The molecule has 1 N–H and O–H groups in total. The molecule has 2 heterocycles. The van der Waals surface area contributed by atoms with E-state index in [-0.39, 0.29) is 24.0 Å². The van der Waals surface area contributed by atoms with Gasteiger partial charge in [-0.1, -0.05) is 0 Å². The van der Waals surface area contributed by atoms with Crippen LogP contribution in [0.4, 0.5) is 0 Å². The summed E-state index contributed by atoms with van der Waals surface area (Å²) >= 11 is 0. The maximum atomic E-state index is 12.9. The lowest BCUT2D eigenvalue weighted by Crippen LogP contribution is -2.56. The van der Waals surface area contributed by atoms with Gasteiger partial charge in [-0.15, -0.1) is 0 Å². The van der Waals surface area contributed by atoms with Gasteiger partial charge in [-0.05, 0) is 44.4 Å². The maximum Gasteiger partial charge on any atom is 0.359 e. The molecule has 4 aliphatic rings. The normalized spacial score (nSPS) is 27.8. The fourth-order valence-electron chi connectivity index (χ4n) is 4.71. The van der Waals surface area contributed by atoms with E-state index in [1.807, 2.05) is 4.90 Å². The SMILES string of the molecule is CCOC(=O)c1nn(CC(=O)N2CCNCC23CC3)c2c1[C@@H]1CC1C2. The molecule has 1 amide bonds. The van der Waals surface area contributed by atoms with Gasteiger partial charge < -0.3 is 15.0 Å². The number of nitrogens with zero attached hydrogens (tertiary/aromatic N) is 3. The van der Waals surface area contributed by atoms with Crippen molar-refractivity contribution in [2.24, 2.45) is 5.92 Å². The summed E-state index contributed by atoms with van der Waals surface area (Å²) in [6.45, 7) is 4.90. The molecule has 0 radical (unpaired) electrons. The second kappa shape index (κ2) is 5.30. The topological polar surface area (TPSA) is 76.5 Å². The van der Waals surface area contributed by atoms with Gasteiger partial charge in [0.15, 0.2) is 5.69 Å². The van der Waals surface area contributed by atoms with Gasteiger partial charge in [0.2, 0.25) is 5.91 Å². The molecule has 1 aromatic heterocycles. The molecule has 1 aromatic rings. The smallest absolute Gasteiger partial charge is 0.359 e. The number of carbonyl (C=O) groups is 2. The van der Waals surface area contributed by atoms with Gasteiger partial charge in [0.05, 0.1) is 12.1 Å². The standard InChI is InChI=1S/C18H24N4O3/c1-2-25-17(24)16-15-12-7-11(12)8-13(15)22(20-16)9-14(23)21-6-5-19-10-18(21)3-4-18/h11-12,19H,2-10H2,1H3/t11?,12-/m1/s1. The highest BCUT2D eigenvalue weighted by molar-refractivity contribution is 5.90. The summed E-state index contributed by atoms with van der Waals surface area (Å²) in [5, 5.41) is 7.90. The molecule has 0 aromatic carbocycles. The lowest BCUT2D eigenvalue weighted by Gasteiger charge is -2.37. The quantitative estimate of drug-likeness (QED) is 0.813. The van der Waals surface area contributed by atoms with Crippen LogP contribution in [-0.4, -0.2) is 58.3 Å². The van der Waals surface area contributed by atoms with E-state index in [2.05, 4.69) is 10.4 Å². The van der Waals surface area contributed by atoms with E-state index in [9.17, 15) is 9.59 Å². The van der Waals surface area contributed by atoms with Gasteiger partial charge in [-0.25, -0.2) is 4.79 Å². The molecule has 2 saturated carbocycles. The molecule has 0 bridgehead atoms. The van der Waals surface area contributed by atoms with E-state index in [4.69, 9.17) is 4.74 Å². The van der Waals surface area contributed by atoms with Gasteiger partial charge >= 0.3 is 5.97 Å². The molecule has 7 nitrogen and oxygen atoms in total. The summed E-state index contributed by atoms with van der Waals surface area (Å²) in [5.41, 5.74) is 2.61. The monoisotopic (exact) mass is 344 g/mol. The van der Waals surface area contributed by atoms with Gasteiger partial charge in [-0.3, -0.25) is 9.48 Å². The Morgan fingerprint density at radius 1 is 1.40 bits per heavy atom. The number of hydrogen-bond acceptors (Lipinski definition) is 5. The zero-order valence-corrected chi connectivity index (χ0v) is 14.6. The van der Waals surface area contributed by atoms with E-state index >= 15 is 0 Å². The largest absolute Gasteiger partial charge is 0.461 e. The van der Waals surface area contributed by atoms with Crippen LogP contribution in [0.2, 0.25) is 0 Å². The van der Waals surface area contributed by atoms with E-state index in [0.29, 0.717) is 24.1 Å². The van der Waals surface area contributed by atoms with E-state index in [1.165, 1.54) is 0 Å². The molecule has 1 aliphatic heterocycles. The van der Waals surface area contributed by atoms with Crippen LogP contribution in [0.25, 0.3) is 0 Å². The Bertz CT molecular complexity index is 752. The number of rotatable bonds is 4. The Labute approximate surface area is 146 Å². The molecular weight excluding hydrogens is 320 g/mol. The van der Waals surface area contributed by atoms with Crippen LogP contribution in [0.5, 0.6) is 0 Å². The van der Waals surface area contributed by atoms with Crippen molar-refractivity contribution in [1.82, 2.24) is 20.0 Å². The van der Waals surface area contributed by atoms with Gasteiger partial charge in [0, 0.05) is 30.9 Å². The molecule has 25 heavy (non-hydrogen) atoms. The molecule has 2 atom stereocenters. The first kappa shape index (κ1) is 15.4. The molecule has 3 aliphatic carbocycles. The summed E-state index contributed by atoms with van der Waals surface area (Å²) < 4.78 is 6.97. The number of hydrogen-bond donors (Lipinski definition) is 1. The first-order valence-corrected chi connectivity index (χ1v) is 9.41. The average molecular weight is 344 g/mol. The fourth-order valence-corrected chi connectivity index (χ4v) is 4.71. The first-order valence-electron chi connectivity index (χ1n) is 9.41. The Morgan fingerprint density at radius 2 is 2.24 bits per heavy atom. The third kappa shape index (κ3) is 2.32. The Morgan fingerprint density at radius 3 is 3.00 bits per heavy atom. The average Bonchev–Trinajstić information content (AvgIpc) is 3.47.